The van der Waals surface area contributed by atoms with Crippen LogP contribution >= 0.6 is 23.2 Å². The van der Waals surface area contributed by atoms with E-state index in [1.54, 1.807) is 6.20 Å². The molecular formula is C35H53Cl2N9O19. The van der Waals surface area contributed by atoms with Crippen molar-refractivity contribution in [1.29, 1.82) is 0 Å². The van der Waals surface area contributed by atoms with E-state index in [9.17, 15) is 56.2 Å². The first kappa shape index (κ1) is 50.1. The van der Waals surface area contributed by atoms with Gasteiger partial charge in [0, 0.05) is 6.61 Å². The minimum absolute atomic E-state index is 0.0298. The molecule has 7 heterocycles. The highest BCUT2D eigenvalue weighted by Crippen LogP contribution is 2.38. The van der Waals surface area contributed by atoms with Crippen molar-refractivity contribution in [3.63, 3.8) is 0 Å². The first-order chi connectivity index (χ1) is 31.1. The molecule has 4 aliphatic heterocycles. The number of hydrogen-bond donors (Lipinski definition) is 11. The molecule has 0 aliphatic carbocycles. The predicted octanol–water partition coefficient (Wildman–Crippen LogP) is -6.83. The van der Waals surface area contributed by atoms with Crippen LogP contribution < -0.4 is 0 Å². The van der Waals surface area contributed by atoms with Gasteiger partial charge in [0.25, 0.3) is 0 Å². The molecule has 28 nitrogen and oxygen atoms in total. The molecule has 2 unspecified atom stereocenters. The zero-order chi connectivity index (χ0) is 46.7. The van der Waals surface area contributed by atoms with Gasteiger partial charge < -0.3 is 94.1 Å². The van der Waals surface area contributed by atoms with Crippen LogP contribution in [0.3, 0.4) is 0 Å². The number of aliphatic hydroxyl groups is 11. The van der Waals surface area contributed by atoms with E-state index in [2.05, 4.69) is 30.9 Å². The Morgan fingerprint density at radius 3 is 1.49 bits per heavy atom. The van der Waals surface area contributed by atoms with Gasteiger partial charge in [-0.1, -0.05) is 15.6 Å². The number of alkyl halides is 2. The van der Waals surface area contributed by atoms with E-state index in [-0.39, 0.29) is 50.8 Å². The summed E-state index contributed by atoms with van der Waals surface area (Å²) in [6.45, 7) is 0.842. The minimum Gasteiger partial charge on any atom is -0.394 e. The highest BCUT2D eigenvalue weighted by atomic mass is 35.5. The quantitative estimate of drug-likeness (QED) is 0.0497. The standard InChI is InChI=1S/C35H53Cl2N9O19/c1-2-58-10-14-3-44(41-38-14)6-17-22(48)26(52)29(55)32(61-17)59-11-15-4-45(42-39-15)7-18-23(49)27(53)30(56)33(62-18)60-12-16-5-46(43-40-16)8-19-24(50)31(57)35(13-36,64-19)65-34-28(54)25(51)21(37)20(9-47)63-34/h3-5,17-34,47-57H,2,6-13H2,1H3/t17-,18-,19-,20-,21+,22-,23-,24-,25+,26+,27+,28?,29+,30+,31+,32+,33+,34-,35?/m1/s1. The minimum atomic E-state index is -2.15. The van der Waals surface area contributed by atoms with Gasteiger partial charge in [0.05, 0.1) is 75.9 Å². The molecule has 3 aromatic heterocycles. The van der Waals surface area contributed by atoms with E-state index in [0.29, 0.717) is 12.3 Å². The van der Waals surface area contributed by atoms with Gasteiger partial charge in [-0.15, -0.1) is 38.5 Å². The molecule has 0 saturated carbocycles. The molecule has 65 heavy (non-hydrogen) atoms. The average molecular weight is 975 g/mol. The van der Waals surface area contributed by atoms with Crippen LogP contribution in [0.4, 0.5) is 0 Å². The zero-order valence-electron chi connectivity index (χ0n) is 34.5. The third-order valence-electron chi connectivity index (χ3n) is 11.2. The molecule has 0 spiro atoms. The Bertz CT molecular complexity index is 1960. The number of nitrogens with zero attached hydrogens (tertiary/aromatic N) is 9. The number of ether oxygens (including phenoxy) is 8. The summed E-state index contributed by atoms with van der Waals surface area (Å²) in [7, 11) is 0. The van der Waals surface area contributed by atoms with Gasteiger partial charge in [-0.3, -0.25) is 0 Å². The lowest BCUT2D eigenvalue weighted by Crippen LogP contribution is -2.61. The summed E-state index contributed by atoms with van der Waals surface area (Å²) in [5.41, 5.74) is 0.942. The molecule has 4 fully saturated rings. The number of halogens is 2. The summed E-state index contributed by atoms with van der Waals surface area (Å²) in [5.74, 6) is -2.72. The van der Waals surface area contributed by atoms with Gasteiger partial charge in [0.2, 0.25) is 5.79 Å². The second kappa shape index (κ2) is 21.7. The molecule has 11 N–H and O–H groups in total. The van der Waals surface area contributed by atoms with E-state index in [4.69, 9.17) is 61.1 Å². The predicted molar refractivity (Wildman–Crippen MR) is 207 cm³/mol. The Balaban J connectivity index is 0.899. The first-order valence-electron chi connectivity index (χ1n) is 20.5. The Morgan fingerprint density at radius 1 is 0.585 bits per heavy atom. The monoisotopic (exact) mass is 973 g/mol. The Labute approximate surface area is 378 Å². The third kappa shape index (κ3) is 11.1. The van der Waals surface area contributed by atoms with E-state index in [0.717, 1.165) is 0 Å². The summed E-state index contributed by atoms with van der Waals surface area (Å²) >= 11 is 12.2. The summed E-state index contributed by atoms with van der Waals surface area (Å²) in [6.07, 6.45) is -21.3. The van der Waals surface area contributed by atoms with E-state index in [1.807, 2.05) is 6.92 Å². The molecule has 0 aromatic carbocycles. The SMILES string of the molecule is CCOCc1cn(C[C@H]2O[C@H](OCc3cn(C[C@H]4O[C@H](OCc5cn(C[C@H]6OC(CCl)(O[C@H]7O[C@H](CO)[C@H](Cl)[C@H](O)C7O)[C@@H](O)[C@@H]6O)nn5)[C@@H](O)[C@@H](O)[C@@H]4O)nn3)[C@@H](O)[C@@H](O)[C@@H]2O)nn1. The van der Waals surface area contributed by atoms with Crippen LogP contribution in [0.25, 0.3) is 0 Å². The second-order valence-corrected chi connectivity index (χ2v) is 16.7. The molecule has 3 aromatic rings. The average Bonchev–Trinajstić information content (AvgIpc) is 4.11. The molecular weight excluding hydrogens is 921 g/mol. The molecule has 30 heteroatoms. The van der Waals surface area contributed by atoms with Crippen LogP contribution in [-0.4, -0.2) is 236 Å². The van der Waals surface area contributed by atoms with Crippen LogP contribution in [0.5, 0.6) is 0 Å². The third-order valence-corrected chi connectivity index (χ3v) is 12.2. The van der Waals surface area contributed by atoms with Crippen molar-refractivity contribution in [2.75, 3.05) is 19.1 Å². The maximum Gasteiger partial charge on any atom is 0.214 e. The van der Waals surface area contributed by atoms with Crippen molar-refractivity contribution < 1.29 is 94.1 Å². The molecule has 0 amide bonds. The Kier molecular flexibility index (Phi) is 16.7. The van der Waals surface area contributed by atoms with Crippen LogP contribution in [0, 0.1) is 0 Å². The zero-order valence-corrected chi connectivity index (χ0v) is 36.0. The number of hydrogen-bond acceptors (Lipinski definition) is 25. The van der Waals surface area contributed by atoms with Crippen LogP contribution in [0.2, 0.25) is 0 Å². The summed E-state index contributed by atoms with van der Waals surface area (Å²) < 4.78 is 49.2. The van der Waals surface area contributed by atoms with Gasteiger partial charge >= 0.3 is 0 Å². The molecule has 7 rings (SSSR count). The highest BCUT2D eigenvalue weighted by molar-refractivity contribution is 6.21. The van der Waals surface area contributed by atoms with Gasteiger partial charge in [0.15, 0.2) is 18.9 Å². The maximum absolute atomic E-state index is 10.9. The summed E-state index contributed by atoms with van der Waals surface area (Å²) in [6, 6.07) is 0. The normalized spacial score (nSPS) is 40.2. The fraction of sp³-hybridized carbons (Fsp3) is 0.829. The van der Waals surface area contributed by atoms with Crippen molar-refractivity contribution in [2.24, 2.45) is 0 Å². The number of rotatable bonds is 19. The Morgan fingerprint density at radius 2 is 1.03 bits per heavy atom. The molecule has 4 aliphatic rings. The smallest absolute Gasteiger partial charge is 0.214 e. The maximum atomic E-state index is 10.9. The fourth-order valence-corrected chi connectivity index (χ4v) is 8.14. The van der Waals surface area contributed by atoms with Crippen molar-refractivity contribution in [3.8, 4) is 0 Å². The van der Waals surface area contributed by atoms with Gasteiger partial charge in [-0.25, -0.2) is 14.0 Å². The summed E-state index contributed by atoms with van der Waals surface area (Å²) in [4.78, 5) is 0. The van der Waals surface area contributed by atoms with Crippen molar-refractivity contribution in [1.82, 2.24) is 45.0 Å². The summed E-state index contributed by atoms with van der Waals surface area (Å²) in [5, 5.41) is 139. The lowest BCUT2D eigenvalue weighted by Gasteiger charge is -2.43. The van der Waals surface area contributed by atoms with Crippen molar-refractivity contribution in [3.05, 3.63) is 35.7 Å². The largest absolute Gasteiger partial charge is 0.394 e. The molecule has 366 valence electrons. The van der Waals surface area contributed by atoms with Crippen LogP contribution in [-0.2, 0) is 77.3 Å². The van der Waals surface area contributed by atoms with Gasteiger partial charge in [0.1, 0.15) is 103 Å². The fourth-order valence-electron chi connectivity index (χ4n) is 7.57. The van der Waals surface area contributed by atoms with Crippen molar-refractivity contribution in [2.45, 2.75) is 162 Å². The first-order valence-corrected chi connectivity index (χ1v) is 21.4. The second-order valence-electron chi connectivity index (χ2n) is 15.9. The van der Waals surface area contributed by atoms with E-state index < -0.39 is 128 Å². The lowest BCUT2D eigenvalue weighted by atomic mass is 9.99. The van der Waals surface area contributed by atoms with Crippen LogP contribution in [0.1, 0.15) is 24.0 Å². The highest BCUT2D eigenvalue weighted by Gasteiger charge is 2.58. The number of aliphatic hydroxyl groups excluding tert-OH is 11. The van der Waals surface area contributed by atoms with Crippen LogP contribution in [0.15, 0.2) is 18.6 Å². The molecule has 0 bridgehead atoms. The lowest BCUT2D eigenvalue weighted by molar-refractivity contribution is -0.358. The molecule has 19 atom stereocenters. The number of aromatic nitrogens is 9. The van der Waals surface area contributed by atoms with Gasteiger partial charge in [-0.2, -0.15) is 0 Å². The topological polar surface area (TPSA) is 388 Å². The van der Waals surface area contributed by atoms with Crippen molar-refractivity contribution >= 4 is 23.2 Å². The van der Waals surface area contributed by atoms with Gasteiger partial charge in [-0.05, 0) is 6.92 Å². The van der Waals surface area contributed by atoms with E-state index >= 15 is 0 Å². The molecule has 0 radical (unpaired) electrons. The molecule has 4 saturated heterocycles. The van der Waals surface area contributed by atoms with E-state index in [1.165, 1.54) is 26.4 Å². The Hall–Kier alpha value is -2.76.